The fraction of sp³-hybridized carbons (Fsp3) is 0.959. The van der Waals surface area contributed by atoms with Gasteiger partial charge in [0.1, 0.15) is 17.6 Å². The molecule has 0 radical (unpaired) electrons. The minimum absolute atomic E-state index is 0.00913. The van der Waals surface area contributed by atoms with Gasteiger partial charge in [-0.1, -0.05) is 207 Å². The Labute approximate surface area is 339 Å². The number of carbonyl (C=O) groups is 2. The number of ketones is 2. The van der Waals surface area contributed by atoms with Crippen LogP contribution in [0.25, 0.3) is 0 Å². The summed E-state index contributed by atoms with van der Waals surface area (Å²) in [5.41, 5.74) is 0. The van der Waals surface area contributed by atoms with E-state index >= 15 is 0 Å². The number of aliphatic hydroxyl groups is 1. The Kier molecular flexibility index (Phi) is 37.2. The second-order valence-corrected chi connectivity index (χ2v) is 18.5. The third kappa shape index (κ3) is 33.4. The molecule has 4 unspecified atom stereocenters. The van der Waals surface area contributed by atoms with Crippen LogP contribution in [0.3, 0.4) is 0 Å². The van der Waals surface area contributed by atoms with Crippen molar-refractivity contribution in [3.8, 4) is 0 Å². The average Bonchev–Trinajstić information content (AvgIpc) is 3.13. The summed E-state index contributed by atoms with van der Waals surface area (Å²) in [6, 6.07) is 0.184. The normalized spacial score (nSPS) is 14.3. The quantitative estimate of drug-likeness (QED) is 0.0479. The van der Waals surface area contributed by atoms with Gasteiger partial charge in [0.2, 0.25) is 0 Å². The van der Waals surface area contributed by atoms with Crippen LogP contribution >= 0.6 is 0 Å². The molecule has 322 valence electrons. The van der Waals surface area contributed by atoms with Crippen LogP contribution in [-0.4, -0.2) is 67.0 Å². The van der Waals surface area contributed by atoms with E-state index in [2.05, 4.69) is 47.1 Å². The van der Waals surface area contributed by atoms with Crippen LogP contribution in [0.4, 0.5) is 0 Å². The number of quaternary nitrogens is 1. The molecule has 0 aromatic rings. The summed E-state index contributed by atoms with van der Waals surface area (Å²) >= 11 is 0. The van der Waals surface area contributed by atoms with E-state index in [1.807, 2.05) is 6.92 Å². The molecule has 0 aromatic carbocycles. The lowest BCUT2D eigenvalue weighted by Crippen LogP contribution is -2.56. The lowest BCUT2D eigenvalue weighted by molar-refractivity contribution is -0.916. The van der Waals surface area contributed by atoms with Crippen LogP contribution in [0.2, 0.25) is 0 Å². The largest absolute Gasteiger partial charge is 0.393 e. The van der Waals surface area contributed by atoms with Gasteiger partial charge >= 0.3 is 0 Å². The molecule has 2 N–H and O–H groups in total. The van der Waals surface area contributed by atoms with Crippen LogP contribution in [0, 0.1) is 11.8 Å². The molecule has 0 aliphatic rings. The van der Waals surface area contributed by atoms with Gasteiger partial charge in [-0.25, -0.2) is 0 Å². The summed E-state index contributed by atoms with van der Waals surface area (Å²) in [5, 5.41) is 13.9. The number of Topliss-reactive ketones (excluding diaryl/α,β-unsaturated/α-hetero) is 2. The van der Waals surface area contributed by atoms with Gasteiger partial charge < -0.3 is 14.9 Å². The number of hydrogen-bond acceptors (Lipinski definition) is 4. The second-order valence-electron chi connectivity index (χ2n) is 18.5. The highest BCUT2D eigenvalue weighted by atomic mass is 16.3. The summed E-state index contributed by atoms with van der Waals surface area (Å²) in [6.45, 7) is 12.8. The molecule has 0 aromatic heterocycles. The summed E-state index contributed by atoms with van der Waals surface area (Å²) < 4.78 is 0.700. The van der Waals surface area contributed by atoms with Crippen molar-refractivity contribution in [1.82, 2.24) is 5.32 Å². The van der Waals surface area contributed by atoms with Crippen molar-refractivity contribution in [2.24, 2.45) is 11.8 Å². The number of nitrogens with one attached hydrogen (secondary N) is 1. The lowest BCUT2D eigenvalue weighted by atomic mass is 9.96. The van der Waals surface area contributed by atoms with E-state index in [9.17, 15) is 14.7 Å². The molecule has 0 saturated carbocycles. The molecule has 5 nitrogen and oxygen atoms in total. The summed E-state index contributed by atoms with van der Waals surface area (Å²) in [7, 11) is 4.41. The van der Waals surface area contributed by atoms with E-state index in [0.717, 1.165) is 25.9 Å². The van der Waals surface area contributed by atoms with Gasteiger partial charge in [0.15, 0.2) is 0 Å². The fourth-order valence-electron chi connectivity index (χ4n) is 8.38. The number of carbonyl (C=O) groups excluding carboxylic acids is 2. The van der Waals surface area contributed by atoms with E-state index in [1.165, 1.54) is 180 Å². The number of hydrogen-bond donors (Lipinski definition) is 2. The van der Waals surface area contributed by atoms with Gasteiger partial charge in [-0.2, -0.15) is 0 Å². The smallest absolute Gasteiger partial charge is 0.141 e. The lowest BCUT2D eigenvalue weighted by Gasteiger charge is -2.40. The maximum Gasteiger partial charge on any atom is 0.141 e. The zero-order valence-electron chi connectivity index (χ0n) is 38.0. The predicted molar refractivity (Wildman–Crippen MR) is 237 cm³/mol. The molecule has 0 aliphatic heterocycles. The molecular formula is C49H99N2O3+. The molecule has 5 heteroatoms. The highest BCUT2D eigenvalue weighted by Crippen LogP contribution is 2.20. The number of rotatable bonds is 43. The number of aliphatic hydroxyl groups excluding tert-OH is 1. The molecule has 0 rings (SSSR count). The van der Waals surface area contributed by atoms with Crippen LogP contribution in [0.5, 0.6) is 0 Å². The highest BCUT2D eigenvalue weighted by Gasteiger charge is 2.33. The molecule has 54 heavy (non-hydrogen) atoms. The fourth-order valence-corrected chi connectivity index (χ4v) is 8.38. The van der Waals surface area contributed by atoms with E-state index in [1.54, 1.807) is 0 Å². The maximum absolute atomic E-state index is 13.1. The number of unbranched alkanes of at least 4 members (excludes halogenated alkanes) is 28. The van der Waals surface area contributed by atoms with Gasteiger partial charge in [0.05, 0.1) is 32.7 Å². The van der Waals surface area contributed by atoms with Crippen LogP contribution in [0.15, 0.2) is 0 Å². The first-order valence-electron chi connectivity index (χ1n) is 24.3. The molecular weight excluding hydrogens is 665 g/mol. The topological polar surface area (TPSA) is 66.4 Å². The van der Waals surface area contributed by atoms with Crippen molar-refractivity contribution in [1.29, 1.82) is 0 Å². The SMILES string of the molecule is CCCCCCCCCCCCCCCCCC(=O)C(C)CNCC(CC(C)O)[N+](C)(C)CC(C)C(=O)CCCCCCCCCCCCCCCCC. The zero-order chi connectivity index (χ0) is 40.1. The first-order valence-corrected chi connectivity index (χ1v) is 24.3. The van der Waals surface area contributed by atoms with Gasteiger partial charge in [0, 0.05) is 38.3 Å². The van der Waals surface area contributed by atoms with Gasteiger partial charge in [-0.15, -0.1) is 0 Å². The standard InChI is InChI=1S/C49H99N2O3/c1-8-10-12-14-16-18-20-22-24-26-28-30-32-34-36-38-48(53)44(3)41-50-42-47(40-46(5)52)51(6,7)43-45(4)49(54)39-37-35-33-31-29-27-25-23-21-19-17-15-13-11-9-2/h44-47,50,52H,8-43H2,1-7H3/q+1. The Balaban J connectivity index is 4.11. The molecule has 0 spiro atoms. The van der Waals surface area contributed by atoms with Crippen LogP contribution in [-0.2, 0) is 9.59 Å². The van der Waals surface area contributed by atoms with Crippen molar-refractivity contribution in [2.75, 3.05) is 33.7 Å². The molecule has 0 heterocycles. The van der Waals surface area contributed by atoms with E-state index < -0.39 is 6.10 Å². The second kappa shape index (κ2) is 37.8. The number of likely N-dealkylation sites (N-methyl/N-ethyl adjacent to an activating group) is 1. The molecule has 0 amide bonds. The Bertz CT molecular complexity index is 828. The molecule has 0 saturated heterocycles. The van der Waals surface area contributed by atoms with Crippen LogP contribution in [0.1, 0.15) is 247 Å². The molecule has 0 fully saturated rings. The summed E-state index contributed by atoms with van der Waals surface area (Å²) in [6.07, 6.45) is 41.9. The first kappa shape index (κ1) is 53.2. The van der Waals surface area contributed by atoms with E-state index in [0.29, 0.717) is 41.9 Å². The van der Waals surface area contributed by atoms with Crippen molar-refractivity contribution in [3.63, 3.8) is 0 Å². The molecule has 0 bridgehead atoms. The van der Waals surface area contributed by atoms with Crippen molar-refractivity contribution < 1.29 is 19.2 Å². The minimum Gasteiger partial charge on any atom is -0.393 e. The third-order valence-electron chi connectivity index (χ3n) is 12.3. The maximum atomic E-state index is 13.1. The Hall–Kier alpha value is -0.780. The van der Waals surface area contributed by atoms with Crippen molar-refractivity contribution in [2.45, 2.75) is 259 Å². The van der Waals surface area contributed by atoms with E-state index in [-0.39, 0.29) is 17.9 Å². The van der Waals surface area contributed by atoms with E-state index in [4.69, 9.17) is 0 Å². The summed E-state index contributed by atoms with van der Waals surface area (Å²) in [4.78, 5) is 26.0. The Morgan fingerprint density at radius 1 is 0.463 bits per heavy atom. The monoisotopic (exact) mass is 764 g/mol. The highest BCUT2D eigenvalue weighted by molar-refractivity contribution is 5.81. The van der Waals surface area contributed by atoms with Gasteiger partial charge in [-0.3, -0.25) is 9.59 Å². The van der Waals surface area contributed by atoms with Crippen molar-refractivity contribution >= 4 is 11.6 Å². The van der Waals surface area contributed by atoms with Crippen LogP contribution < -0.4 is 5.32 Å². The van der Waals surface area contributed by atoms with Crippen molar-refractivity contribution in [3.05, 3.63) is 0 Å². The molecule has 0 aliphatic carbocycles. The molecule has 4 atom stereocenters. The Morgan fingerprint density at radius 3 is 1.07 bits per heavy atom. The summed E-state index contributed by atoms with van der Waals surface area (Å²) in [5.74, 6) is 0.780. The third-order valence-corrected chi connectivity index (χ3v) is 12.3. The Morgan fingerprint density at radius 2 is 0.759 bits per heavy atom. The van der Waals surface area contributed by atoms with Gasteiger partial charge in [0.25, 0.3) is 0 Å². The predicted octanol–water partition coefficient (Wildman–Crippen LogP) is 13.7. The number of nitrogens with zero attached hydrogens (tertiary/aromatic N) is 1. The minimum atomic E-state index is -0.398. The first-order chi connectivity index (χ1) is 26.0. The zero-order valence-corrected chi connectivity index (χ0v) is 38.0. The van der Waals surface area contributed by atoms with Gasteiger partial charge in [-0.05, 0) is 19.8 Å². The average molecular weight is 764 g/mol.